The topological polar surface area (TPSA) is 25.2 Å². The van der Waals surface area contributed by atoms with Crippen LogP contribution in [0.5, 0.6) is 0 Å². The summed E-state index contributed by atoms with van der Waals surface area (Å²) in [4.78, 5) is 0. The molecule has 1 aromatic rings. The predicted molar refractivity (Wildman–Crippen MR) is 48.2 cm³/mol. The number of fused-ring (bicyclic) bond motifs is 1. The lowest BCUT2D eigenvalue weighted by atomic mass is 9.86. The Balaban J connectivity index is 2.50. The molecule has 2 nitrogen and oxygen atoms in total. The maximum Gasteiger partial charge on any atom is 0.112 e. The zero-order valence-corrected chi connectivity index (χ0v) is 7.85. The van der Waals surface area contributed by atoms with E-state index in [4.69, 9.17) is 4.42 Å². The molecule has 0 bridgehead atoms. The summed E-state index contributed by atoms with van der Waals surface area (Å²) >= 11 is 0. The molecule has 0 radical (unpaired) electrons. The minimum Gasteiger partial charge on any atom is -0.469 e. The average Bonchev–Trinajstić information content (AvgIpc) is 2.46. The largest absolute Gasteiger partial charge is 0.469 e. The highest BCUT2D eigenvalue weighted by molar-refractivity contribution is 5.30. The van der Waals surface area contributed by atoms with E-state index >= 15 is 0 Å². The van der Waals surface area contributed by atoms with Gasteiger partial charge in [-0.3, -0.25) is 0 Å². The normalized spacial score (nSPS) is 26.8. The zero-order valence-electron chi connectivity index (χ0n) is 7.85. The Morgan fingerprint density at radius 1 is 1.58 bits per heavy atom. The van der Waals surface area contributed by atoms with Crippen LogP contribution in [-0.4, -0.2) is 6.54 Å². The van der Waals surface area contributed by atoms with Gasteiger partial charge in [0.25, 0.3) is 0 Å². The van der Waals surface area contributed by atoms with Crippen LogP contribution in [0.25, 0.3) is 0 Å². The molecule has 2 rings (SSSR count). The fourth-order valence-electron chi connectivity index (χ4n) is 1.82. The van der Waals surface area contributed by atoms with Gasteiger partial charge in [0.2, 0.25) is 0 Å². The van der Waals surface area contributed by atoms with Crippen LogP contribution in [0, 0.1) is 0 Å². The molecule has 1 unspecified atom stereocenters. The molecule has 1 aromatic heterocycles. The second-order valence-corrected chi connectivity index (χ2v) is 4.11. The van der Waals surface area contributed by atoms with Crippen molar-refractivity contribution in [1.82, 2.24) is 5.32 Å². The van der Waals surface area contributed by atoms with Crippen LogP contribution >= 0.6 is 0 Å². The lowest BCUT2D eigenvalue weighted by Crippen LogP contribution is -2.43. The van der Waals surface area contributed by atoms with Gasteiger partial charge >= 0.3 is 0 Å². The second-order valence-electron chi connectivity index (χ2n) is 4.11. The van der Waals surface area contributed by atoms with E-state index in [1.54, 1.807) is 6.26 Å². The summed E-state index contributed by atoms with van der Waals surface area (Å²) in [6.07, 6.45) is 1.79. The van der Waals surface area contributed by atoms with Gasteiger partial charge in [0.15, 0.2) is 0 Å². The van der Waals surface area contributed by atoms with E-state index in [-0.39, 0.29) is 5.54 Å². The Labute approximate surface area is 73.0 Å². The number of rotatable bonds is 0. The molecule has 2 heteroatoms. The van der Waals surface area contributed by atoms with Crippen molar-refractivity contribution in [2.75, 3.05) is 6.54 Å². The molecular weight excluding hydrogens is 150 g/mol. The van der Waals surface area contributed by atoms with Crippen LogP contribution in [0.4, 0.5) is 0 Å². The van der Waals surface area contributed by atoms with E-state index in [9.17, 15) is 0 Å². The van der Waals surface area contributed by atoms with Crippen molar-refractivity contribution in [2.45, 2.75) is 32.2 Å². The van der Waals surface area contributed by atoms with Crippen molar-refractivity contribution in [1.29, 1.82) is 0 Å². The first-order chi connectivity index (χ1) is 5.61. The summed E-state index contributed by atoms with van der Waals surface area (Å²) in [6.45, 7) is 7.57. The summed E-state index contributed by atoms with van der Waals surface area (Å²) < 4.78 is 5.46. The quantitative estimate of drug-likeness (QED) is 0.637. The van der Waals surface area contributed by atoms with E-state index in [0.717, 1.165) is 12.3 Å². The highest BCUT2D eigenvalue weighted by Crippen LogP contribution is 2.33. The molecule has 0 aromatic carbocycles. The zero-order chi connectivity index (χ0) is 8.77. The molecule has 1 aliphatic rings. The molecular formula is C10H15NO. The SMILES string of the molecule is CC1CNC(C)(C)c2ccoc21. The number of furan rings is 1. The molecule has 0 fully saturated rings. The van der Waals surface area contributed by atoms with E-state index in [2.05, 4.69) is 32.2 Å². The molecule has 0 amide bonds. The van der Waals surface area contributed by atoms with Gasteiger partial charge in [0, 0.05) is 23.6 Å². The van der Waals surface area contributed by atoms with Gasteiger partial charge in [-0.05, 0) is 19.9 Å². The van der Waals surface area contributed by atoms with Crippen molar-refractivity contribution in [3.63, 3.8) is 0 Å². The standard InChI is InChI=1S/C10H15NO/c1-7-6-11-10(2,3)8-4-5-12-9(7)8/h4-5,7,11H,6H2,1-3H3. The lowest BCUT2D eigenvalue weighted by Gasteiger charge is -2.33. The van der Waals surface area contributed by atoms with Crippen molar-refractivity contribution >= 4 is 0 Å². The van der Waals surface area contributed by atoms with E-state index in [0.29, 0.717) is 5.92 Å². The number of hydrogen-bond donors (Lipinski definition) is 1. The third-order valence-corrected chi connectivity index (χ3v) is 2.67. The monoisotopic (exact) mass is 165 g/mol. The molecule has 66 valence electrons. The fourth-order valence-corrected chi connectivity index (χ4v) is 1.82. The predicted octanol–water partition coefficient (Wildman–Crippen LogP) is 2.22. The average molecular weight is 165 g/mol. The third kappa shape index (κ3) is 0.985. The first-order valence-electron chi connectivity index (χ1n) is 4.44. The Hall–Kier alpha value is -0.760. The van der Waals surface area contributed by atoms with Gasteiger partial charge in [-0.25, -0.2) is 0 Å². The Bertz CT molecular complexity index is 288. The van der Waals surface area contributed by atoms with Crippen molar-refractivity contribution in [3.8, 4) is 0 Å². The molecule has 1 atom stereocenters. The fraction of sp³-hybridized carbons (Fsp3) is 0.600. The van der Waals surface area contributed by atoms with Crippen molar-refractivity contribution in [3.05, 3.63) is 23.7 Å². The maximum atomic E-state index is 5.46. The highest BCUT2D eigenvalue weighted by atomic mass is 16.3. The van der Waals surface area contributed by atoms with Crippen LogP contribution in [0.1, 0.15) is 38.0 Å². The molecule has 0 saturated heterocycles. The van der Waals surface area contributed by atoms with Crippen LogP contribution in [0.3, 0.4) is 0 Å². The van der Waals surface area contributed by atoms with Crippen LogP contribution in [0.15, 0.2) is 16.7 Å². The third-order valence-electron chi connectivity index (χ3n) is 2.67. The maximum absolute atomic E-state index is 5.46. The Morgan fingerprint density at radius 3 is 3.00 bits per heavy atom. The molecule has 12 heavy (non-hydrogen) atoms. The van der Waals surface area contributed by atoms with Gasteiger partial charge in [-0.2, -0.15) is 0 Å². The number of hydrogen-bond acceptors (Lipinski definition) is 2. The molecule has 1 N–H and O–H groups in total. The van der Waals surface area contributed by atoms with Crippen LogP contribution in [-0.2, 0) is 5.54 Å². The van der Waals surface area contributed by atoms with Crippen LogP contribution < -0.4 is 5.32 Å². The second kappa shape index (κ2) is 2.36. The van der Waals surface area contributed by atoms with Crippen molar-refractivity contribution in [2.24, 2.45) is 0 Å². The first-order valence-corrected chi connectivity index (χ1v) is 4.44. The van der Waals surface area contributed by atoms with Gasteiger partial charge in [-0.15, -0.1) is 0 Å². The van der Waals surface area contributed by atoms with E-state index in [1.807, 2.05) is 0 Å². The molecule has 1 aliphatic heterocycles. The lowest BCUT2D eigenvalue weighted by molar-refractivity contribution is 0.325. The van der Waals surface area contributed by atoms with Crippen molar-refractivity contribution < 1.29 is 4.42 Å². The minimum atomic E-state index is 0.0782. The smallest absolute Gasteiger partial charge is 0.112 e. The molecule has 2 heterocycles. The summed E-state index contributed by atoms with van der Waals surface area (Å²) in [6, 6.07) is 2.07. The molecule has 0 aliphatic carbocycles. The highest BCUT2D eigenvalue weighted by Gasteiger charge is 2.32. The van der Waals surface area contributed by atoms with E-state index in [1.165, 1.54) is 5.56 Å². The van der Waals surface area contributed by atoms with E-state index < -0.39 is 0 Å². The number of nitrogens with one attached hydrogen (secondary N) is 1. The Kier molecular flexibility index (Phi) is 1.55. The van der Waals surface area contributed by atoms with Gasteiger partial charge in [-0.1, -0.05) is 6.92 Å². The summed E-state index contributed by atoms with van der Waals surface area (Å²) in [5, 5.41) is 3.49. The summed E-state index contributed by atoms with van der Waals surface area (Å²) in [5.41, 5.74) is 1.38. The van der Waals surface area contributed by atoms with Gasteiger partial charge < -0.3 is 9.73 Å². The minimum absolute atomic E-state index is 0.0782. The summed E-state index contributed by atoms with van der Waals surface area (Å²) in [7, 11) is 0. The first kappa shape index (κ1) is 7.87. The van der Waals surface area contributed by atoms with Crippen LogP contribution in [0.2, 0.25) is 0 Å². The Morgan fingerprint density at radius 2 is 2.33 bits per heavy atom. The molecule has 0 spiro atoms. The van der Waals surface area contributed by atoms with Gasteiger partial charge in [0.05, 0.1) is 6.26 Å². The summed E-state index contributed by atoms with van der Waals surface area (Å²) in [5.74, 6) is 1.65. The van der Waals surface area contributed by atoms with Gasteiger partial charge in [0.1, 0.15) is 5.76 Å². The molecule has 0 saturated carbocycles.